The number of benzene rings is 1. The largest absolute Gasteiger partial charge is 0.484 e. The summed E-state index contributed by atoms with van der Waals surface area (Å²) in [5, 5.41) is 0. The lowest BCUT2D eigenvalue weighted by Crippen LogP contribution is -2.49. The third kappa shape index (κ3) is 4.86. The first-order chi connectivity index (χ1) is 10.8. The molecular formula is C16H21F3N2O2. The van der Waals surface area contributed by atoms with Crippen molar-refractivity contribution < 1.29 is 22.7 Å². The van der Waals surface area contributed by atoms with E-state index in [-0.39, 0.29) is 17.7 Å². The van der Waals surface area contributed by atoms with Crippen LogP contribution in [-0.4, -0.2) is 42.7 Å². The molecule has 0 aromatic heterocycles. The van der Waals surface area contributed by atoms with Crippen LogP contribution in [0.25, 0.3) is 0 Å². The molecule has 0 aliphatic carbocycles. The lowest BCUT2D eigenvalue weighted by molar-refractivity contribution is -0.153. The fourth-order valence-corrected chi connectivity index (χ4v) is 2.77. The number of likely N-dealkylation sites (tertiary alicyclic amines) is 1. The Morgan fingerprint density at radius 3 is 2.57 bits per heavy atom. The first-order valence-corrected chi connectivity index (χ1v) is 7.61. The van der Waals surface area contributed by atoms with Crippen molar-refractivity contribution in [3.05, 3.63) is 29.8 Å². The number of nitrogens with zero attached hydrogens (tertiary/aromatic N) is 1. The summed E-state index contributed by atoms with van der Waals surface area (Å²) in [6, 6.07) is 5.73. The SMILES string of the molecule is CC1CCN(C(=O)c2ccc(OCC(F)(F)F)cc2)C(CN)C1. The highest BCUT2D eigenvalue weighted by Gasteiger charge is 2.30. The molecule has 1 aromatic carbocycles. The molecule has 2 rings (SSSR count). The molecule has 23 heavy (non-hydrogen) atoms. The molecule has 4 nitrogen and oxygen atoms in total. The van der Waals surface area contributed by atoms with Gasteiger partial charge in [-0.2, -0.15) is 13.2 Å². The van der Waals surface area contributed by atoms with Crippen LogP contribution in [0.2, 0.25) is 0 Å². The van der Waals surface area contributed by atoms with Gasteiger partial charge in [-0.25, -0.2) is 0 Å². The van der Waals surface area contributed by atoms with Gasteiger partial charge < -0.3 is 15.4 Å². The van der Waals surface area contributed by atoms with Gasteiger partial charge in [0.05, 0.1) is 0 Å². The van der Waals surface area contributed by atoms with Crippen LogP contribution in [0.3, 0.4) is 0 Å². The van der Waals surface area contributed by atoms with Crippen molar-refractivity contribution in [2.75, 3.05) is 19.7 Å². The van der Waals surface area contributed by atoms with Crippen molar-refractivity contribution in [2.24, 2.45) is 11.7 Å². The molecular weight excluding hydrogens is 309 g/mol. The highest BCUT2D eigenvalue weighted by molar-refractivity contribution is 5.94. The normalized spacial score (nSPS) is 22.0. The topological polar surface area (TPSA) is 55.6 Å². The maximum absolute atomic E-state index is 12.6. The Kier molecular flexibility index (Phi) is 5.51. The second-order valence-electron chi connectivity index (χ2n) is 5.95. The first-order valence-electron chi connectivity index (χ1n) is 7.61. The lowest BCUT2D eigenvalue weighted by atomic mass is 9.92. The molecule has 0 saturated carbocycles. The molecule has 1 saturated heterocycles. The van der Waals surface area contributed by atoms with E-state index in [0.717, 1.165) is 12.8 Å². The van der Waals surface area contributed by atoms with E-state index >= 15 is 0 Å². The number of alkyl halides is 3. The molecule has 7 heteroatoms. The summed E-state index contributed by atoms with van der Waals surface area (Å²) < 4.78 is 41.0. The number of hydrogen-bond donors (Lipinski definition) is 1. The van der Waals surface area contributed by atoms with Crippen LogP contribution in [-0.2, 0) is 0 Å². The van der Waals surface area contributed by atoms with Crippen LogP contribution < -0.4 is 10.5 Å². The second kappa shape index (κ2) is 7.21. The zero-order valence-electron chi connectivity index (χ0n) is 13.0. The number of amides is 1. The molecule has 2 unspecified atom stereocenters. The molecule has 128 valence electrons. The minimum atomic E-state index is -4.38. The number of carbonyl (C=O) groups is 1. The molecule has 1 aliphatic heterocycles. The lowest BCUT2D eigenvalue weighted by Gasteiger charge is -2.38. The van der Waals surface area contributed by atoms with Crippen LogP contribution in [0.1, 0.15) is 30.1 Å². The maximum Gasteiger partial charge on any atom is 0.422 e. The maximum atomic E-state index is 12.6. The number of ether oxygens (including phenoxy) is 1. The molecule has 1 heterocycles. The predicted molar refractivity (Wildman–Crippen MR) is 80.3 cm³/mol. The van der Waals surface area contributed by atoms with Gasteiger partial charge in [0.2, 0.25) is 0 Å². The molecule has 2 N–H and O–H groups in total. The van der Waals surface area contributed by atoms with Crippen LogP contribution in [0.4, 0.5) is 13.2 Å². The number of hydrogen-bond acceptors (Lipinski definition) is 3. The molecule has 1 amide bonds. The van der Waals surface area contributed by atoms with E-state index in [2.05, 4.69) is 11.7 Å². The van der Waals surface area contributed by atoms with E-state index in [1.165, 1.54) is 24.3 Å². The molecule has 1 fully saturated rings. The van der Waals surface area contributed by atoms with E-state index in [4.69, 9.17) is 5.73 Å². The summed E-state index contributed by atoms with van der Waals surface area (Å²) in [5.74, 6) is 0.474. The second-order valence-corrected chi connectivity index (χ2v) is 5.95. The van der Waals surface area contributed by atoms with Crippen molar-refractivity contribution >= 4 is 5.91 Å². The highest BCUT2D eigenvalue weighted by atomic mass is 19.4. The minimum Gasteiger partial charge on any atom is -0.484 e. The Morgan fingerprint density at radius 2 is 2.00 bits per heavy atom. The van der Waals surface area contributed by atoms with Gasteiger partial charge in [0.25, 0.3) is 5.91 Å². The number of rotatable bonds is 4. The smallest absolute Gasteiger partial charge is 0.422 e. The van der Waals surface area contributed by atoms with Gasteiger partial charge in [-0.15, -0.1) is 0 Å². The number of carbonyl (C=O) groups excluding carboxylic acids is 1. The van der Waals surface area contributed by atoms with Gasteiger partial charge in [-0.1, -0.05) is 6.92 Å². The zero-order chi connectivity index (χ0) is 17.0. The van der Waals surface area contributed by atoms with Crippen molar-refractivity contribution in [1.29, 1.82) is 0 Å². The van der Waals surface area contributed by atoms with Gasteiger partial charge in [0.15, 0.2) is 6.61 Å². The molecule has 0 spiro atoms. The summed E-state index contributed by atoms with van der Waals surface area (Å²) in [6.45, 7) is 1.84. The van der Waals surface area contributed by atoms with Gasteiger partial charge in [0.1, 0.15) is 5.75 Å². The third-order valence-electron chi connectivity index (χ3n) is 4.01. The summed E-state index contributed by atoms with van der Waals surface area (Å²) in [6.07, 6.45) is -2.59. The Hall–Kier alpha value is -1.76. The summed E-state index contributed by atoms with van der Waals surface area (Å²) in [7, 11) is 0. The zero-order valence-corrected chi connectivity index (χ0v) is 13.0. The molecule has 1 aromatic rings. The van der Waals surface area contributed by atoms with Crippen LogP contribution in [0, 0.1) is 5.92 Å². The van der Waals surface area contributed by atoms with E-state index in [1.807, 2.05) is 0 Å². The predicted octanol–water partition coefficient (Wildman–Crippen LogP) is 2.83. The van der Waals surface area contributed by atoms with Gasteiger partial charge in [-0.05, 0) is 43.0 Å². The fraction of sp³-hybridized carbons (Fsp3) is 0.562. The van der Waals surface area contributed by atoms with Crippen LogP contribution in [0.15, 0.2) is 24.3 Å². The highest BCUT2D eigenvalue weighted by Crippen LogP contribution is 2.24. The Labute approximate surface area is 133 Å². The van der Waals surface area contributed by atoms with Gasteiger partial charge in [-0.3, -0.25) is 4.79 Å². The van der Waals surface area contributed by atoms with Crippen molar-refractivity contribution in [3.63, 3.8) is 0 Å². The summed E-state index contributed by atoms with van der Waals surface area (Å²) >= 11 is 0. The Morgan fingerprint density at radius 1 is 1.35 bits per heavy atom. The van der Waals surface area contributed by atoms with E-state index in [9.17, 15) is 18.0 Å². The fourth-order valence-electron chi connectivity index (χ4n) is 2.77. The first kappa shape index (κ1) is 17.6. The molecule has 0 bridgehead atoms. The van der Waals surface area contributed by atoms with E-state index < -0.39 is 12.8 Å². The Bertz CT molecular complexity index is 531. The number of nitrogens with two attached hydrogens (primary N) is 1. The van der Waals surface area contributed by atoms with Crippen LogP contribution in [0.5, 0.6) is 5.75 Å². The van der Waals surface area contributed by atoms with Crippen LogP contribution >= 0.6 is 0 Å². The monoisotopic (exact) mass is 330 g/mol. The van der Waals surface area contributed by atoms with Gasteiger partial charge >= 0.3 is 6.18 Å². The van der Waals surface area contributed by atoms with E-state index in [0.29, 0.717) is 24.6 Å². The number of halogens is 3. The average Bonchev–Trinajstić information content (AvgIpc) is 2.52. The van der Waals surface area contributed by atoms with Crippen molar-refractivity contribution in [3.8, 4) is 5.75 Å². The third-order valence-corrected chi connectivity index (χ3v) is 4.01. The average molecular weight is 330 g/mol. The number of piperidine rings is 1. The Balaban J connectivity index is 2.02. The van der Waals surface area contributed by atoms with Crippen molar-refractivity contribution in [2.45, 2.75) is 32.0 Å². The quantitative estimate of drug-likeness (QED) is 0.923. The summed E-state index contributed by atoms with van der Waals surface area (Å²) in [4.78, 5) is 14.3. The standard InChI is InChI=1S/C16H21F3N2O2/c1-11-6-7-21(13(8-11)9-20)15(22)12-2-4-14(5-3-12)23-10-16(17,18)19/h2-5,11,13H,6-10,20H2,1H3. The molecule has 0 radical (unpaired) electrons. The molecule has 2 atom stereocenters. The molecule has 1 aliphatic rings. The summed E-state index contributed by atoms with van der Waals surface area (Å²) in [5.41, 5.74) is 6.18. The minimum absolute atomic E-state index is 0.00686. The van der Waals surface area contributed by atoms with Crippen molar-refractivity contribution in [1.82, 2.24) is 4.90 Å². The van der Waals surface area contributed by atoms with Gasteiger partial charge in [0, 0.05) is 24.7 Å². The van der Waals surface area contributed by atoms with E-state index in [1.54, 1.807) is 4.90 Å².